The summed E-state index contributed by atoms with van der Waals surface area (Å²) in [5, 5.41) is 4.48. The number of benzene rings is 2. The Bertz CT molecular complexity index is 1140. The second-order valence-corrected chi connectivity index (χ2v) is 9.11. The van der Waals surface area contributed by atoms with E-state index in [1.54, 1.807) is 22.8 Å². The van der Waals surface area contributed by atoms with E-state index in [1.807, 2.05) is 12.1 Å². The SMILES string of the molecule is CCC(C)c1ccc(-n2c(SCC(=O)NC3CC3)nc3cc(Cl)ccc3c2=O)cc1. The van der Waals surface area contributed by atoms with Gasteiger partial charge in [-0.1, -0.05) is 49.3 Å². The van der Waals surface area contributed by atoms with Crippen LogP contribution in [0.15, 0.2) is 52.4 Å². The topological polar surface area (TPSA) is 64.0 Å². The highest BCUT2D eigenvalue weighted by Crippen LogP contribution is 2.25. The number of hydrogen-bond donors (Lipinski definition) is 1. The Kier molecular flexibility index (Phi) is 6.16. The van der Waals surface area contributed by atoms with Crippen LogP contribution in [-0.4, -0.2) is 27.3 Å². The zero-order valence-corrected chi connectivity index (χ0v) is 18.6. The summed E-state index contributed by atoms with van der Waals surface area (Å²) in [6.45, 7) is 4.34. The quantitative estimate of drug-likeness (QED) is 0.417. The molecule has 0 bridgehead atoms. The fourth-order valence-corrected chi connectivity index (χ4v) is 4.27. The Hall–Kier alpha value is -2.31. The Labute approximate surface area is 184 Å². The van der Waals surface area contributed by atoms with E-state index in [1.165, 1.54) is 17.3 Å². The molecule has 156 valence electrons. The van der Waals surface area contributed by atoms with Crippen molar-refractivity contribution in [3.05, 3.63) is 63.4 Å². The van der Waals surface area contributed by atoms with Crippen LogP contribution in [0.5, 0.6) is 0 Å². The van der Waals surface area contributed by atoms with Crippen LogP contribution in [-0.2, 0) is 4.79 Å². The molecular weight excluding hydrogens is 418 g/mol. The normalized spacial score (nSPS) is 14.6. The van der Waals surface area contributed by atoms with E-state index in [4.69, 9.17) is 11.6 Å². The van der Waals surface area contributed by atoms with E-state index in [0.717, 1.165) is 24.9 Å². The van der Waals surface area contributed by atoms with E-state index in [2.05, 4.69) is 36.3 Å². The zero-order chi connectivity index (χ0) is 21.3. The third kappa shape index (κ3) is 4.55. The van der Waals surface area contributed by atoms with Crippen LogP contribution in [0.2, 0.25) is 5.02 Å². The molecule has 4 rings (SSSR count). The van der Waals surface area contributed by atoms with Crippen molar-refractivity contribution in [2.75, 3.05) is 5.75 Å². The Balaban J connectivity index is 1.75. The fraction of sp³-hybridized carbons (Fsp3) is 0.348. The minimum atomic E-state index is -0.168. The van der Waals surface area contributed by atoms with Crippen molar-refractivity contribution in [3.63, 3.8) is 0 Å². The van der Waals surface area contributed by atoms with Crippen LogP contribution in [0.4, 0.5) is 0 Å². The van der Waals surface area contributed by atoms with E-state index in [9.17, 15) is 9.59 Å². The molecule has 0 radical (unpaired) electrons. The fourth-order valence-electron chi connectivity index (χ4n) is 3.28. The summed E-state index contributed by atoms with van der Waals surface area (Å²) >= 11 is 7.38. The number of rotatable bonds is 7. The molecule has 1 aliphatic rings. The Morgan fingerprint density at radius 2 is 2.00 bits per heavy atom. The van der Waals surface area contributed by atoms with Crippen molar-refractivity contribution in [2.45, 2.75) is 50.2 Å². The maximum absolute atomic E-state index is 13.3. The second-order valence-electron chi connectivity index (χ2n) is 7.73. The minimum absolute atomic E-state index is 0.0402. The van der Waals surface area contributed by atoms with Crippen LogP contribution < -0.4 is 10.9 Å². The Morgan fingerprint density at radius 1 is 1.27 bits per heavy atom. The lowest BCUT2D eigenvalue weighted by atomic mass is 9.98. The first kappa shape index (κ1) is 20.9. The number of carbonyl (C=O) groups excluding carboxylic acids is 1. The van der Waals surface area contributed by atoms with E-state index < -0.39 is 0 Å². The number of aromatic nitrogens is 2. The van der Waals surface area contributed by atoms with Gasteiger partial charge in [-0.15, -0.1) is 0 Å². The third-order valence-corrected chi connectivity index (χ3v) is 6.58. The predicted molar refractivity (Wildman–Crippen MR) is 123 cm³/mol. The van der Waals surface area contributed by atoms with Crippen LogP contribution in [0.1, 0.15) is 44.6 Å². The van der Waals surface area contributed by atoms with Crippen LogP contribution in [0, 0.1) is 0 Å². The molecule has 1 atom stereocenters. The van der Waals surface area contributed by atoms with Crippen molar-refractivity contribution >= 4 is 40.2 Å². The molecule has 30 heavy (non-hydrogen) atoms. The van der Waals surface area contributed by atoms with Gasteiger partial charge in [0, 0.05) is 11.1 Å². The summed E-state index contributed by atoms with van der Waals surface area (Å²) < 4.78 is 1.59. The molecule has 1 heterocycles. The lowest BCUT2D eigenvalue weighted by Gasteiger charge is -2.15. The number of carbonyl (C=O) groups is 1. The van der Waals surface area contributed by atoms with Gasteiger partial charge in [0.2, 0.25) is 5.91 Å². The second kappa shape index (κ2) is 8.82. The molecule has 1 N–H and O–H groups in total. The van der Waals surface area contributed by atoms with Gasteiger partial charge in [0.05, 0.1) is 22.3 Å². The van der Waals surface area contributed by atoms with Crippen molar-refractivity contribution in [1.29, 1.82) is 0 Å². The maximum Gasteiger partial charge on any atom is 0.266 e. The minimum Gasteiger partial charge on any atom is -0.353 e. The maximum atomic E-state index is 13.3. The summed E-state index contributed by atoms with van der Waals surface area (Å²) in [4.78, 5) is 30.2. The highest BCUT2D eigenvalue weighted by molar-refractivity contribution is 7.99. The molecule has 1 amide bonds. The number of halogens is 1. The van der Waals surface area contributed by atoms with Crippen molar-refractivity contribution < 1.29 is 4.79 Å². The molecule has 1 fully saturated rings. The van der Waals surface area contributed by atoms with Crippen LogP contribution in [0.3, 0.4) is 0 Å². The first-order chi connectivity index (χ1) is 14.5. The molecule has 1 aromatic heterocycles. The first-order valence-corrected chi connectivity index (χ1v) is 11.6. The molecule has 1 unspecified atom stereocenters. The molecule has 0 aliphatic heterocycles. The molecule has 1 saturated carbocycles. The predicted octanol–water partition coefficient (Wildman–Crippen LogP) is 4.92. The smallest absolute Gasteiger partial charge is 0.266 e. The van der Waals surface area contributed by atoms with Crippen molar-refractivity contribution in [3.8, 4) is 5.69 Å². The standard InChI is InChI=1S/C23H24ClN3O2S/c1-3-14(2)15-4-9-18(10-5-15)27-22(29)19-11-6-16(24)12-20(19)26-23(27)30-13-21(28)25-17-7-8-17/h4-6,9-12,14,17H,3,7-8,13H2,1-2H3,(H,25,28). The van der Waals surface area contributed by atoms with E-state index in [-0.39, 0.29) is 17.2 Å². The molecule has 1 aliphatic carbocycles. The number of nitrogens with zero attached hydrogens (tertiary/aromatic N) is 2. The molecule has 7 heteroatoms. The zero-order valence-electron chi connectivity index (χ0n) is 17.0. The van der Waals surface area contributed by atoms with Gasteiger partial charge in [0.1, 0.15) is 0 Å². The summed E-state index contributed by atoms with van der Waals surface area (Å²) in [6, 6.07) is 13.4. The Morgan fingerprint density at radius 3 is 2.67 bits per heavy atom. The van der Waals surface area contributed by atoms with Crippen LogP contribution in [0.25, 0.3) is 16.6 Å². The summed E-state index contributed by atoms with van der Waals surface area (Å²) in [5.74, 6) is 0.620. The number of thioether (sulfide) groups is 1. The lowest BCUT2D eigenvalue weighted by Crippen LogP contribution is -2.28. The van der Waals surface area contributed by atoms with Gasteiger partial charge in [0.25, 0.3) is 5.56 Å². The number of hydrogen-bond acceptors (Lipinski definition) is 4. The molecule has 2 aromatic carbocycles. The number of amides is 1. The molecular formula is C23H24ClN3O2S. The van der Waals surface area contributed by atoms with Gasteiger partial charge in [-0.2, -0.15) is 0 Å². The van der Waals surface area contributed by atoms with Crippen molar-refractivity contribution in [2.24, 2.45) is 0 Å². The first-order valence-electron chi connectivity index (χ1n) is 10.2. The van der Waals surface area contributed by atoms with Gasteiger partial charge in [-0.25, -0.2) is 4.98 Å². The van der Waals surface area contributed by atoms with Gasteiger partial charge in [-0.3, -0.25) is 14.2 Å². The van der Waals surface area contributed by atoms with Gasteiger partial charge in [-0.05, 0) is 61.1 Å². The average Bonchev–Trinajstić information content (AvgIpc) is 3.55. The summed E-state index contributed by atoms with van der Waals surface area (Å²) in [7, 11) is 0. The van der Waals surface area contributed by atoms with E-state index in [0.29, 0.717) is 33.0 Å². The highest BCUT2D eigenvalue weighted by Gasteiger charge is 2.23. The number of nitrogens with one attached hydrogen (secondary N) is 1. The van der Waals surface area contributed by atoms with E-state index >= 15 is 0 Å². The van der Waals surface area contributed by atoms with Gasteiger partial charge in [0.15, 0.2) is 5.16 Å². The molecule has 0 saturated heterocycles. The van der Waals surface area contributed by atoms with Gasteiger partial charge < -0.3 is 5.32 Å². The van der Waals surface area contributed by atoms with Crippen molar-refractivity contribution in [1.82, 2.24) is 14.9 Å². The summed E-state index contributed by atoms with van der Waals surface area (Å²) in [5.41, 5.74) is 2.33. The van der Waals surface area contributed by atoms with Gasteiger partial charge >= 0.3 is 0 Å². The highest BCUT2D eigenvalue weighted by atomic mass is 35.5. The summed E-state index contributed by atoms with van der Waals surface area (Å²) in [6.07, 6.45) is 3.13. The third-order valence-electron chi connectivity index (χ3n) is 5.41. The average molecular weight is 442 g/mol. The molecule has 0 spiro atoms. The number of fused-ring (bicyclic) bond motifs is 1. The monoisotopic (exact) mass is 441 g/mol. The molecule has 3 aromatic rings. The lowest BCUT2D eigenvalue weighted by molar-refractivity contribution is -0.118. The van der Waals surface area contributed by atoms with Crippen LogP contribution >= 0.6 is 23.4 Å². The largest absolute Gasteiger partial charge is 0.353 e. The molecule has 5 nitrogen and oxygen atoms in total.